The van der Waals surface area contributed by atoms with Crippen molar-refractivity contribution in [2.24, 2.45) is 0 Å². The van der Waals surface area contributed by atoms with E-state index < -0.39 is 18.2 Å². The van der Waals surface area contributed by atoms with Crippen molar-refractivity contribution in [1.29, 1.82) is 0 Å². The van der Waals surface area contributed by atoms with Crippen LogP contribution in [0.1, 0.15) is 29.1 Å². The third-order valence-electron chi connectivity index (χ3n) is 2.06. The summed E-state index contributed by atoms with van der Waals surface area (Å²) in [5.74, 6) is -0.581. The molecule has 1 aromatic rings. The predicted octanol–water partition coefficient (Wildman–Crippen LogP) is 0.824. The molecule has 16 heavy (non-hydrogen) atoms. The first kappa shape index (κ1) is 13.0. The van der Waals surface area contributed by atoms with Crippen LogP contribution >= 0.6 is 11.6 Å². The van der Waals surface area contributed by atoms with E-state index in [-0.39, 0.29) is 18.2 Å². The van der Waals surface area contributed by atoms with E-state index in [0.717, 1.165) is 0 Å². The van der Waals surface area contributed by atoms with E-state index in [2.05, 4.69) is 4.98 Å². The number of esters is 1. The fourth-order valence-corrected chi connectivity index (χ4v) is 1.38. The third kappa shape index (κ3) is 2.98. The zero-order valence-electron chi connectivity index (χ0n) is 8.81. The van der Waals surface area contributed by atoms with Gasteiger partial charge in [-0.2, -0.15) is 0 Å². The molecule has 1 heterocycles. The molecule has 0 radical (unpaired) electrons. The number of carbonyl (C=O) groups excluding carboxylic acids is 1. The quantitative estimate of drug-likeness (QED) is 0.532. The Morgan fingerprint density at radius 1 is 1.62 bits per heavy atom. The second-order valence-electron chi connectivity index (χ2n) is 3.23. The highest BCUT2D eigenvalue weighted by Gasteiger charge is 2.20. The molecule has 3 N–H and O–H groups in total. The molecule has 0 aliphatic rings. The fourth-order valence-electron chi connectivity index (χ4n) is 1.22. The lowest BCUT2D eigenvalue weighted by atomic mass is 10.1. The van der Waals surface area contributed by atoms with Gasteiger partial charge in [0.15, 0.2) is 0 Å². The Morgan fingerprint density at radius 2 is 2.31 bits per heavy atom. The number of rotatable bonds is 5. The number of nitrogens with one attached hydrogen (secondary N) is 1. The Balaban J connectivity index is 2.74. The number of alkyl halides is 1. The third-order valence-corrected chi connectivity index (χ3v) is 2.38. The van der Waals surface area contributed by atoms with Gasteiger partial charge in [-0.05, 0) is 13.0 Å². The molecule has 0 aliphatic heterocycles. The molecular weight excluding hydrogens is 234 g/mol. The molecule has 0 aliphatic carbocycles. The van der Waals surface area contributed by atoms with Gasteiger partial charge in [0.05, 0.1) is 18.6 Å². The van der Waals surface area contributed by atoms with Crippen LogP contribution in [0.5, 0.6) is 0 Å². The second-order valence-corrected chi connectivity index (χ2v) is 3.54. The van der Waals surface area contributed by atoms with Gasteiger partial charge in [-0.25, -0.2) is 4.79 Å². The standard InChI is InChI=1S/C10H14ClNO4/c1-2-16-10(15)7-3-6(5-12-7)9(14)8(13)4-11/h3,5,8-9,12-14H,2,4H2,1H3. The normalized spacial score (nSPS) is 14.5. The summed E-state index contributed by atoms with van der Waals surface area (Å²) in [6.07, 6.45) is -0.739. The Bertz CT molecular complexity index is 352. The van der Waals surface area contributed by atoms with E-state index in [4.69, 9.17) is 16.3 Å². The summed E-state index contributed by atoms with van der Waals surface area (Å²) < 4.78 is 4.77. The van der Waals surface area contributed by atoms with Crippen LogP contribution in [0, 0.1) is 0 Å². The zero-order valence-corrected chi connectivity index (χ0v) is 9.57. The lowest BCUT2D eigenvalue weighted by Crippen LogP contribution is -2.19. The van der Waals surface area contributed by atoms with Crippen LogP contribution in [0.2, 0.25) is 0 Å². The molecule has 0 aromatic carbocycles. The number of hydrogen-bond acceptors (Lipinski definition) is 4. The van der Waals surface area contributed by atoms with E-state index in [1.165, 1.54) is 12.3 Å². The van der Waals surface area contributed by atoms with E-state index >= 15 is 0 Å². The summed E-state index contributed by atoms with van der Waals surface area (Å²) in [6.45, 7) is 1.98. The molecule has 2 unspecified atom stereocenters. The first-order valence-electron chi connectivity index (χ1n) is 4.87. The molecule has 0 saturated carbocycles. The minimum Gasteiger partial charge on any atom is -0.461 e. The van der Waals surface area contributed by atoms with E-state index in [9.17, 15) is 15.0 Å². The smallest absolute Gasteiger partial charge is 0.354 e. The number of carbonyl (C=O) groups is 1. The molecule has 2 atom stereocenters. The minimum absolute atomic E-state index is 0.0823. The van der Waals surface area contributed by atoms with Gasteiger partial charge in [0.1, 0.15) is 11.8 Å². The van der Waals surface area contributed by atoms with Crippen LogP contribution in [-0.2, 0) is 4.74 Å². The van der Waals surface area contributed by atoms with E-state index in [1.54, 1.807) is 6.92 Å². The van der Waals surface area contributed by atoms with Crippen molar-refractivity contribution >= 4 is 17.6 Å². The molecule has 0 saturated heterocycles. The number of H-pyrrole nitrogens is 1. The molecular formula is C10H14ClNO4. The van der Waals surface area contributed by atoms with Crippen molar-refractivity contribution in [3.05, 3.63) is 23.5 Å². The average molecular weight is 248 g/mol. The highest BCUT2D eigenvalue weighted by Crippen LogP contribution is 2.19. The summed E-state index contributed by atoms with van der Waals surface area (Å²) in [5, 5.41) is 18.9. The van der Waals surface area contributed by atoms with Gasteiger partial charge in [-0.3, -0.25) is 0 Å². The van der Waals surface area contributed by atoms with Crippen LogP contribution in [0.15, 0.2) is 12.3 Å². The Kier molecular flexibility index (Phi) is 4.79. The van der Waals surface area contributed by atoms with Gasteiger partial charge < -0.3 is 19.9 Å². The van der Waals surface area contributed by atoms with Gasteiger partial charge in [-0.1, -0.05) is 0 Å². The number of aromatic nitrogens is 1. The van der Waals surface area contributed by atoms with Crippen molar-refractivity contribution in [1.82, 2.24) is 4.98 Å². The molecule has 6 heteroatoms. The van der Waals surface area contributed by atoms with E-state index in [1.807, 2.05) is 0 Å². The minimum atomic E-state index is -1.11. The van der Waals surface area contributed by atoms with Crippen molar-refractivity contribution < 1.29 is 19.7 Å². The van der Waals surface area contributed by atoms with Gasteiger partial charge in [-0.15, -0.1) is 11.6 Å². The summed E-state index contributed by atoms with van der Waals surface area (Å²) in [5.41, 5.74) is 0.633. The van der Waals surface area contributed by atoms with Crippen molar-refractivity contribution in [2.45, 2.75) is 19.1 Å². The van der Waals surface area contributed by atoms with Crippen molar-refractivity contribution in [3.8, 4) is 0 Å². The topological polar surface area (TPSA) is 82.6 Å². The molecule has 0 bridgehead atoms. The zero-order chi connectivity index (χ0) is 12.1. The van der Waals surface area contributed by atoms with E-state index in [0.29, 0.717) is 5.56 Å². The van der Waals surface area contributed by atoms with Gasteiger partial charge in [0.25, 0.3) is 0 Å². The lowest BCUT2D eigenvalue weighted by Gasteiger charge is -2.13. The fraction of sp³-hybridized carbons (Fsp3) is 0.500. The number of aromatic amines is 1. The molecule has 0 spiro atoms. The average Bonchev–Trinajstić information content (AvgIpc) is 2.76. The first-order chi connectivity index (χ1) is 7.60. The number of halogens is 1. The number of hydrogen-bond donors (Lipinski definition) is 3. The van der Waals surface area contributed by atoms with Crippen molar-refractivity contribution in [2.75, 3.05) is 12.5 Å². The Morgan fingerprint density at radius 3 is 2.88 bits per heavy atom. The summed E-state index contributed by atoms with van der Waals surface area (Å²) in [6, 6.07) is 1.43. The molecule has 1 aromatic heterocycles. The highest BCUT2D eigenvalue weighted by atomic mass is 35.5. The molecule has 5 nitrogen and oxygen atoms in total. The van der Waals surface area contributed by atoms with Crippen LogP contribution in [0.3, 0.4) is 0 Å². The SMILES string of the molecule is CCOC(=O)c1cc(C(O)C(O)CCl)c[nH]1. The second kappa shape index (κ2) is 5.89. The Labute approximate surface area is 98.0 Å². The predicted molar refractivity (Wildman–Crippen MR) is 58.4 cm³/mol. The molecule has 0 amide bonds. The molecule has 1 rings (SSSR count). The maximum Gasteiger partial charge on any atom is 0.354 e. The first-order valence-corrected chi connectivity index (χ1v) is 5.41. The van der Waals surface area contributed by atoms with Gasteiger partial charge in [0, 0.05) is 11.8 Å². The monoisotopic (exact) mass is 247 g/mol. The molecule has 0 fully saturated rings. The lowest BCUT2D eigenvalue weighted by molar-refractivity contribution is 0.0327. The summed E-state index contributed by atoms with van der Waals surface area (Å²) in [7, 11) is 0. The number of aliphatic hydroxyl groups is 2. The van der Waals surface area contributed by atoms with Crippen LogP contribution in [0.25, 0.3) is 0 Å². The summed E-state index contributed by atoms with van der Waals surface area (Å²) >= 11 is 5.40. The number of aliphatic hydroxyl groups excluding tert-OH is 2. The maximum absolute atomic E-state index is 11.3. The maximum atomic E-state index is 11.3. The van der Waals surface area contributed by atoms with Gasteiger partial charge in [0.2, 0.25) is 0 Å². The number of ether oxygens (including phenoxy) is 1. The van der Waals surface area contributed by atoms with Crippen LogP contribution in [0.4, 0.5) is 0 Å². The van der Waals surface area contributed by atoms with Gasteiger partial charge >= 0.3 is 5.97 Å². The Hall–Kier alpha value is -1.04. The van der Waals surface area contributed by atoms with Crippen LogP contribution in [-0.4, -0.2) is 39.8 Å². The largest absolute Gasteiger partial charge is 0.461 e. The van der Waals surface area contributed by atoms with Crippen LogP contribution < -0.4 is 0 Å². The van der Waals surface area contributed by atoms with Crippen molar-refractivity contribution in [3.63, 3.8) is 0 Å². The summed E-state index contributed by atoms with van der Waals surface area (Å²) in [4.78, 5) is 14.0. The highest BCUT2D eigenvalue weighted by molar-refractivity contribution is 6.18. The molecule has 90 valence electrons.